The normalized spacial score (nSPS) is 15.6. The van der Waals surface area contributed by atoms with E-state index in [4.69, 9.17) is 16.6 Å². The number of hydrogen-bond donors (Lipinski definition) is 0. The molecule has 0 bridgehead atoms. The average molecular weight is 330 g/mol. The molecule has 0 N–H and O–H groups in total. The quantitative estimate of drug-likeness (QED) is 0.478. The van der Waals surface area contributed by atoms with Crippen molar-refractivity contribution in [3.63, 3.8) is 0 Å². The molecule has 2 aromatic rings. The van der Waals surface area contributed by atoms with E-state index in [-0.39, 0.29) is 5.69 Å². The van der Waals surface area contributed by atoms with Gasteiger partial charge in [0.25, 0.3) is 5.69 Å². The van der Waals surface area contributed by atoms with Gasteiger partial charge in [-0.1, -0.05) is 31.3 Å². The fourth-order valence-corrected chi connectivity index (χ4v) is 3.04. The van der Waals surface area contributed by atoms with E-state index < -0.39 is 4.92 Å². The minimum atomic E-state index is -0.410. The van der Waals surface area contributed by atoms with E-state index in [1.807, 2.05) is 12.1 Å². The maximum atomic E-state index is 10.9. The summed E-state index contributed by atoms with van der Waals surface area (Å²) in [6, 6.07) is 10.1. The number of furan rings is 1. The third kappa shape index (κ3) is 3.42. The Morgan fingerprint density at radius 1 is 1.30 bits per heavy atom. The van der Waals surface area contributed by atoms with Gasteiger partial charge in [-0.2, -0.15) is 0 Å². The van der Waals surface area contributed by atoms with E-state index in [9.17, 15) is 10.1 Å². The summed E-state index contributed by atoms with van der Waals surface area (Å²) in [5.74, 6) is 1.98. The SMILES string of the molecule is CC1CCN(C(=S)c2ccc(-c3cccc([N+](=O)[O-])c3)o2)CC1. The summed E-state index contributed by atoms with van der Waals surface area (Å²) in [4.78, 5) is 13.4. The van der Waals surface area contributed by atoms with Gasteiger partial charge < -0.3 is 9.32 Å². The summed E-state index contributed by atoms with van der Waals surface area (Å²) in [6.45, 7) is 4.16. The molecule has 5 nitrogen and oxygen atoms in total. The molecule has 0 atom stereocenters. The maximum absolute atomic E-state index is 10.9. The van der Waals surface area contributed by atoms with E-state index in [1.54, 1.807) is 12.1 Å². The van der Waals surface area contributed by atoms with Gasteiger partial charge in [-0.05, 0) is 30.9 Å². The second kappa shape index (κ2) is 6.50. The van der Waals surface area contributed by atoms with E-state index in [0.29, 0.717) is 22.1 Å². The molecule has 120 valence electrons. The Morgan fingerprint density at radius 3 is 2.74 bits per heavy atom. The van der Waals surface area contributed by atoms with Gasteiger partial charge in [0.15, 0.2) is 5.76 Å². The first-order chi connectivity index (χ1) is 11.0. The lowest BCUT2D eigenvalue weighted by Gasteiger charge is -2.31. The molecule has 0 saturated carbocycles. The molecule has 1 aromatic heterocycles. The average Bonchev–Trinajstić information content (AvgIpc) is 3.05. The monoisotopic (exact) mass is 330 g/mol. The van der Waals surface area contributed by atoms with Crippen molar-refractivity contribution in [3.8, 4) is 11.3 Å². The number of rotatable bonds is 3. The molecule has 1 aliphatic rings. The standard InChI is InChI=1S/C17H18N2O3S/c1-12-7-9-18(10-8-12)17(23)16-6-5-15(22-16)13-3-2-4-14(11-13)19(20)21/h2-6,11-12H,7-10H2,1H3. The Hall–Kier alpha value is -2.21. The Bertz CT molecular complexity index is 733. The van der Waals surface area contributed by atoms with Crippen LogP contribution in [-0.2, 0) is 0 Å². The van der Waals surface area contributed by atoms with E-state index >= 15 is 0 Å². The first kappa shape index (κ1) is 15.7. The summed E-state index contributed by atoms with van der Waals surface area (Å²) >= 11 is 5.53. The number of nitro groups is 1. The maximum Gasteiger partial charge on any atom is 0.270 e. The molecule has 3 rings (SSSR count). The van der Waals surface area contributed by atoms with Gasteiger partial charge in [0, 0.05) is 30.8 Å². The number of hydrogen-bond acceptors (Lipinski definition) is 4. The first-order valence-electron chi connectivity index (χ1n) is 7.68. The number of likely N-dealkylation sites (tertiary alicyclic amines) is 1. The lowest BCUT2D eigenvalue weighted by molar-refractivity contribution is -0.384. The van der Waals surface area contributed by atoms with Crippen LogP contribution in [0, 0.1) is 16.0 Å². The van der Waals surface area contributed by atoms with Crippen molar-refractivity contribution in [2.75, 3.05) is 13.1 Å². The highest BCUT2D eigenvalue weighted by Gasteiger charge is 2.21. The second-order valence-electron chi connectivity index (χ2n) is 5.95. The van der Waals surface area contributed by atoms with Crippen LogP contribution in [-0.4, -0.2) is 27.9 Å². The third-order valence-electron chi connectivity index (χ3n) is 4.23. The van der Waals surface area contributed by atoms with Crippen LogP contribution in [0.4, 0.5) is 5.69 Å². The topological polar surface area (TPSA) is 59.5 Å². The van der Waals surface area contributed by atoms with Gasteiger partial charge in [0.2, 0.25) is 0 Å². The first-order valence-corrected chi connectivity index (χ1v) is 8.09. The summed E-state index contributed by atoms with van der Waals surface area (Å²) in [5, 5.41) is 10.9. The highest BCUT2D eigenvalue weighted by atomic mass is 32.1. The highest BCUT2D eigenvalue weighted by Crippen LogP contribution is 2.27. The van der Waals surface area contributed by atoms with Gasteiger partial charge >= 0.3 is 0 Å². The predicted octanol–water partition coefficient (Wildman–Crippen LogP) is 4.26. The molecular weight excluding hydrogens is 312 g/mol. The minimum absolute atomic E-state index is 0.0491. The van der Waals surface area contributed by atoms with E-state index in [0.717, 1.165) is 31.8 Å². The van der Waals surface area contributed by atoms with E-state index in [1.165, 1.54) is 12.1 Å². The number of thiocarbonyl (C=S) groups is 1. The summed E-state index contributed by atoms with van der Waals surface area (Å²) in [7, 11) is 0. The van der Waals surface area contributed by atoms with Gasteiger partial charge in [-0.25, -0.2) is 0 Å². The number of nitrogens with zero attached hydrogens (tertiary/aromatic N) is 2. The summed E-state index contributed by atoms with van der Waals surface area (Å²) in [5.41, 5.74) is 0.730. The fourth-order valence-electron chi connectivity index (χ4n) is 2.75. The van der Waals surface area contributed by atoms with Crippen molar-refractivity contribution < 1.29 is 9.34 Å². The van der Waals surface area contributed by atoms with Crippen molar-refractivity contribution in [1.29, 1.82) is 0 Å². The number of benzene rings is 1. The van der Waals surface area contributed by atoms with Crippen LogP contribution >= 0.6 is 12.2 Å². The highest BCUT2D eigenvalue weighted by molar-refractivity contribution is 7.80. The van der Waals surface area contributed by atoms with Crippen LogP contribution in [0.25, 0.3) is 11.3 Å². The zero-order valence-corrected chi connectivity index (χ0v) is 13.7. The molecule has 1 fully saturated rings. The Balaban J connectivity index is 1.79. The van der Waals surface area contributed by atoms with Crippen molar-refractivity contribution in [3.05, 3.63) is 52.3 Å². The molecule has 0 amide bonds. The number of piperidine rings is 1. The zero-order chi connectivity index (χ0) is 16.4. The van der Waals surface area contributed by atoms with Crippen LogP contribution in [0.5, 0.6) is 0 Å². The molecule has 0 unspecified atom stereocenters. The minimum Gasteiger partial charge on any atom is -0.454 e. The van der Waals surface area contributed by atoms with Crippen LogP contribution in [0.1, 0.15) is 25.5 Å². The lowest BCUT2D eigenvalue weighted by atomic mass is 9.99. The zero-order valence-electron chi connectivity index (χ0n) is 12.9. The Labute approximate surface area is 140 Å². The molecule has 1 aliphatic heterocycles. The molecule has 6 heteroatoms. The number of nitro benzene ring substituents is 1. The molecular formula is C17H18N2O3S. The molecule has 0 spiro atoms. The summed E-state index contributed by atoms with van der Waals surface area (Å²) in [6.07, 6.45) is 2.27. The molecule has 1 saturated heterocycles. The van der Waals surface area contributed by atoms with Crippen LogP contribution in [0.3, 0.4) is 0 Å². The van der Waals surface area contributed by atoms with Gasteiger partial charge in [0.05, 0.1) is 4.92 Å². The molecule has 2 heterocycles. The lowest BCUT2D eigenvalue weighted by Crippen LogP contribution is -2.37. The van der Waals surface area contributed by atoms with E-state index in [2.05, 4.69) is 11.8 Å². The molecule has 23 heavy (non-hydrogen) atoms. The third-order valence-corrected chi connectivity index (χ3v) is 4.69. The van der Waals surface area contributed by atoms with Crippen molar-refractivity contribution in [1.82, 2.24) is 4.90 Å². The van der Waals surface area contributed by atoms with Crippen molar-refractivity contribution in [2.24, 2.45) is 5.92 Å². The second-order valence-corrected chi connectivity index (χ2v) is 6.33. The Kier molecular flexibility index (Phi) is 4.43. The smallest absolute Gasteiger partial charge is 0.270 e. The van der Waals surface area contributed by atoms with Gasteiger partial charge in [-0.3, -0.25) is 10.1 Å². The van der Waals surface area contributed by atoms with Crippen molar-refractivity contribution in [2.45, 2.75) is 19.8 Å². The van der Waals surface area contributed by atoms with Gasteiger partial charge in [0.1, 0.15) is 10.7 Å². The van der Waals surface area contributed by atoms with Crippen LogP contribution < -0.4 is 0 Å². The fraction of sp³-hybridized carbons (Fsp3) is 0.353. The largest absolute Gasteiger partial charge is 0.454 e. The molecule has 0 aliphatic carbocycles. The molecule has 0 radical (unpaired) electrons. The van der Waals surface area contributed by atoms with Crippen LogP contribution in [0.2, 0.25) is 0 Å². The van der Waals surface area contributed by atoms with Gasteiger partial charge in [-0.15, -0.1) is 0 Å². The number of non-ortho nitro benzene ring substituents is 1. The Morgan fingerprint density at radius 2 is 2.04 bits per heavy atom. The predicted molar refractivity (Wildman–Crippen MR) is 92.5 cm³/mol. The summed E-state index contributed by atoms with van der Waals surface area (Å²) < 4.78 is 5.84. The van der Waals surface area contributed by atoms with Crippen LogP contribution in [0.15, 0.2) is 40.8 Å². The van der Waals surface area contributed by atoms with Crippen molar-refractivity contribution >= 4 is 22.9 Å². The molecule has 1 aromatic carbocycles.